The first kappa shape index (κ1) is 17.6. The van der Waals surface area contributed by atoms with Crippen molar-refractivity contribution in [2.24, 2.45) is 17.6 Å². The number of fused-ring (bicyclic) bond motifs is 1. The maximum Gasteiger partial charge on any atom is 0.253 e. The molecule has 3 atom stereocenters. The van der Waals surface area contributed by atoms with Crippen LogP contribution >= 0.6 is 24.2 Å². The molecular weight excluding hydrogens is 316 g/mol. The molecule has 22 heavy (non-hydrogen) atoms. The lowest BCUT2D eigenvalue weighted by Gasteiger charge is -2.19. The van der Waals surface area contributed by atoms with Gasteiger partial charge >= 0.3 is 0 Å². The molecular formula is C17H25ClN2OS. The maximum absolute atomic E-state index is 12.6. The average molecular weight is 341 g/mol. The molecule has 0 bridgehead atoms. The molecule has 1 heterocycles. The molecule has 3 unspecified atom stereocenters. The molecule has 1 aliphatic heterocycles. The zero-order valence-corrected chi connectivity index (χ0v) is 14.7. The predicted molar refractivity (Wildman–Crippen MR) is 95.6 cm³/mol. The summed E-state index contributed by atoms with van der Waals surface area (Å²) in [6.45, 7) is 3.90. The zero-order chi connectivity index (χ0) is 14.8. The van der Waals surface area contributed by atoms with E-state index in [4.69, 9.17) is 5.73 Å². The Labute approximate surface area is 143 Å². The van der Waals surface area contributed by atoms with Crippen molar-refractivity contribution in [2.75, 3.05) is 18.8 Å². The Balaban J connectivity index is 0.00000176. The molecule has 122 valence electrons. The van der Waals surface area contributed by atoms with Crippen LogP contribution in [-0.4, -0.2) is 35.7 Å². The topological polar surface area (TPSA) is 46.3 Å². The number of thioether (sulfide) groups is 1. The summed E-state index contributed by atoms with van der Waals surface area (Å²) in [4.78, 5) is 14.6. The number of nitrogens with two attached hydrogens (primary N) is 1. The van der Waals surface area contributed by atoms with Crippen molar-refractivity contribution in [2.45, 2.75) is 31.6 Å². The number of benzene rings is 1. The molecule has 1 amide bonds. The van der Waals surface area contributed by atoms with Crippen molar-refractivity contribution in [3.63, 3.8) is 0 Å². The predicted octanol–water partition coefficient (Wildman–Crippen LogP) is 3.17. The first-order valence-corrected chi connectivity index (χ1v) is 9.06. The SMILES string of the molecule is CCSCc1ccc(C(=O)N2CC3CCC(N)C3C2)cc1.Cl. The fraction of sp³-hybridized carbons (Fsp3) is 0.588. The summed E-state index contributed by atoms with van der Waals surface area (Å²) in [5.74, 6) is 3.47. The Morgan fingerprint density at radius 2 is 2.00 bits per heavy atom. The van der Waals surface area contributed by atoms with Gasteiger partial charge in [0.05, 0.1) is 0 Å². The minimum absolute atomic E-state index is 0. The van der Waals surface area contributed by atoms with Crippen molar-refractivity contribution < 1.29 is 4.79 Å². The van der Waals surface area contributed by atoms with Crippen LogP contribution in [0.5, 0.6) is 0 Å². The Bertz CT molecular complexity index is 508. The molecule has 3 rings (SSSR count). The summed E-state index contributed by atoms with van der Waals surface area (Å²) in [6.07, 6.45) is 2.31. The molecule has 1 aromatic carbocycles. The Hall–Kier alpha value is -0.710. The van der Waals surface area contributed by atoms with E-state index >= 15 is 0 Å². The van der Waals surface area contributed by atoms with Crippen LogP contribution in [0.1, 0.15) is 35.7 Å². The first-order valence-electron chi connectivity index (χ1n) is 7.90. The van der Waals surface area contributed by atoms with E-state index in [2.05, 4.69) is 19.1 Å². The van der Waals surface area contributed by atoms with Crippen molar-refractivity contribution in [3.8, 4) is 0 Å². The van der Waals surface area contributed by atoms with Gasteiger partial charge in [0.1, 0.15) is 0 Å². The summed E-state index contributed by atoms with van der Waals surface area (Å²) in [5.41, 5.74) is 8.25. The van der Waals surface area contributed by atoms with Crippen LogP contribution in [0, 0.1) is 11.8 Å². The third-order valence-corrected chi connectivity index (χ3v) is 5.82. The normalized spacial score (nSPS) is 26.6. The zero-order valence-electron chi connectivity index (χ0n) is 13.0. The highest BCUT2D eigenvalue weighted by Crippen LogP contribution is 2.37. The van der Waals surface area contributed by atoms with Gasteiger partial charge in [0.15, 0.2) is 0 Å². The van der Waals surface area contributed by atoms with Crippen LogP contribution < -0.4 is 5.73 Å². The lowest BCUT2D eigenvalue weighted by Crippen LogP contribution is -2.33. The van der Waals surface area contributed by atoms with Crippen molar-refractivity contribution in [1.29, 1.82) is 0 Å². The van der Waals surface area contributed by atoms with E-state index in [1.165, 1.54) is 12.0 Å². The summed E-state index contributed by atoms with van der Waals surface area (Å²) in [5, 5.41) is 0. The molecule has 3 nitrogen and oxygen atoms in total. The highest BCUT2D eigenvalue weighted by Gasteiger charge is 2.42. The highest BCUT2D eigenvalue weighted by atomic mass is 35.5. The van der Waals surface area contributed by atoms with Crippen molar-refractivity contribution in [1.82, 2.24) is 4.90 Å². The Kier molecular flexibility index (Phi) is 6.18. The lowest BCUT2D eigenvalue weighted by molar-refractivity contribution is 0.0779. The first-order chi connectivity index (χ1) is 10.2. The van der Waals surface area contributed by atoms with Gasteiger partial charge in [-0.15, -0.1) is 12.4 Å². The second-order valence-corrected chi connectivity index (χ2v) is 7.48. The van der Waals surface area contributed by atoms with Gasteiger partial charge in [-0.1, -0.05) is 19.1 Å². The van der Waals surface area contributed by atoms with Crippen molar-refractivity contribution in [3.05, 3.63) is 35.4 Å². The smallest absolute Gasteiger partial charge is 0.253 e. The van der Waals surface area contributed by atoms with Crippen LogP contribution in [0.2, 0.25) is 0 Å². The summed E-state index contributed by atoms with van der Waals surface area (Å²) < 4.78 is 0. The van der Waals surface area contributed by atoms with Gasteiger partial charge in [-0.25, -0.2) is 0 Å². The van der Waals surface area contributed by atoms with E-state index < -0.39 is 0 Å². The molecule has 2 fully saturated rings. The van der Waals surface area contributed by atoms with Crippen LogP contribution in [0.3, 0.4) is 0 Å². The molecule has 1 saturated carbocycles. The number of hydrogen-bond donors (Lipinski definition) is 1. The van der Waals surface area contributed by atoms with Gasteiger partial charge in [-0.2, -0.15) is 11.8 Å². The monoisotopic (exact) mass is 340 g/mol. The quantitative estimate of drug-likeness (QED) is 0.915. The number of carbonyl (C=O) groups excluding carboxylic acids is 1. The van der Waals surface area contributed by atoms with E-state index in [0.717, 1.165) is 36.6 Å². The fourth-order valence-corrected chi connectivity index (χ4v) is 4.25. The molecule has 1 aromatic rings. The van der Waals surface area contributed by atoms with Gasteiger partial charge in [0, 0.05) is 30.4 Å². The summed E-state index contributed by atoms with van der Waals surface area (Å²) in [7, 11) is 0. The van der Waals surface area contributed by atoms with E-state index in [-0.39, 0.29) is 18.3 Å². The van der Waals surface area contributed by atoms with Gasteiger partial charge in [-0.3, -0.25) is 4.79 Å². The maximum atomic E-state index is 12.6. The molecule has 0 radical (unpaired) electrons. The van der Waals surface area contributed by atoms with E-state index in [0.29, 0.717) is 17.9 Å². The molecule has 2 N–H and O–H groups in total. The molecule has 0 aromatic heterocycles. The third-order valence-electron chi connectivity index (χ3n) is 4.87. The molecule has 0 spiro atoms. The van der Waals surface area contributed by atoms with Crippen LogP contribution in [0.15, 0.2) is 24.3 Å². The van der Waals surface area contributed by atoms with Crippen LogP contribution in [0.4, 0.5) is 0 Å². The molecule has 1 saturated heterocycles. The van der Waals surface area contributed by atoms with E-state index in [1.807, 2.05) is 28.8 Å². The standard InChI is InChI=1S/C17H24N2OS.ClH/c1-2-21-11-12-3-5-13(6-4-12)17(20)19-9-14-7-8-16(18)15(14)10-19;/h3-6,14-16H,2,7-11,18H2,1H3;1H. The van der Waals surface area contributed by atoms with Gasteiger partial charge in [0.2, 0.25) is 0 Å². The van der Waals surface area contributed by atoms with Gasteiger partial charge in [0.25, 0.3) is 5.91 Å². The number of nitrogens with zero attached hydrogens (tertiary/aromatic N) is 1. The number of rotatable bonds is 4. The second kappa shape index (κ2) is 7.71. The summed E-state index contributed by atoms with van der Waals surface area (Å²) in [6, 6.07) is 8.40. The number of amides is 1. The Morgan fingerprint density at radius 3 is 2.64 bits per heavy atom. The molecule has 5 heteroatoms. The third kappa shape index (κ3) is 3.61. The minimum atomic E-state index is 0. The lowest BCUT2D eigenvalue weighted by atomic mass is 9.98. The van der Waals surface area contributed by atoms with Gasteiger partial charge in [-0.05, 0) is 48.1 Å². The number of hydrogen-bond acceptors (Lipinski definition) is 3. The van der Waals surface area contributed by atoms with Gasteiger partial charge < -0.3 is 10.6 Å². The van der Waals surface area contributed by atoms with Crippen molar-refractivity contribution >= 4 is 30.1 Å². The Morgan fingerprint density at radius 1 is 1.27 bits per heavy atom. The average Bonchev–Trinajstić information content (AvgIpc) is 3.07. The van der Waals surface area contributed by atoms with E-state index in [9.17, 15) is 4.79 Å². The minimum Gasteiger partial charge on any atom is -0.338 e. The number of likely N-dealkylation sites (tertiary alicyclic amines) is 1. The second-order valence-electron chi connectivity index (χ2n) is 6.21. The fourth-order valence-electron chi connectivity index (χ4n) is 3.62. The highest BCUT2D eigenvalue weighted by molar-refractivity contribution is 7.98. The summed E-state index contributed by atoms with van der Waals surface area (Å²) >= 11 is 1.90. The number of carbonyl (C=O) groups is 1. The molecule has 2 aliphatic rings. The van der Waals surface area contributed by atoms with Crippen LogP contribution in [0.25, 0.3) is 0 Å². The largest absolute Gasteiger partial charge is 0.338 e. The van der Waals surface area contributed by atoms with Crippen LogP contribution in [-0.2, 0) is 5.75 Å². The molecule has 1 aliphatic carbocycles. The number of halogens is 1. The van der Waals surface area contributed by atoms with E-state index in [1.54, 1.807) is 0 Å².